The summed E-state index contributed by atoms with van der Waals surface area (Å²) in [5.41, 5.74) is 6.41. The van der Waals surface area contributed by atoms with Crippen LogP contribution in [0.25, 0.3) is 0 Å². The first-order valence-electron chi connectivity index (χ1n) is 8.60. The first-order valence-corrected chi connectivity index (χ1v) is 8.60. The Kier molecular flexibility index (Phi) is 4.41. The van der Waals surface area contributed by atoms with Crippen LogP contribution in [0.5, 0.6) is 0 Å². The molecule has 118 valence electrons. The lowest BCUT2D eigenvalue weighted by atomic mass is 9.88. The van der Waals surface area contributed by atoms with E-state index >= 15 is 0 Å². The molecular formula is C18H30N2O. The van der Waals surface area contributed by atoms with Crippen LogP contribution in [0.4, 0.5) is 0 Å². The summed E-state index contributed by atoms with van der Waals surface area (Å²) in [4.78, 5) is 2.46. The molecule has 2 bridgehead atoms. The topological polar surface area (TPSA) is 42.4 Å². The van der Waals surface area contributed by atoms with Gasteiger partial charge < -0.3 is 10.2 Å². The molecule has 0 radical (unpaired) electrons. The van der Waals surface area contributed by atoms with Crippen LogP contribution in [0.15, 0.2) is 16.5 Å². The number of hydrogen-bond donors (Lipinski definition) is 1. The zero-order chi connectivity index (χ0) is 15.0. The molecule has 3 rings (SSSR count). The van der Waals surface area contributed by atoms with Gasteiger partial charge in [-0.05, 0) is 69.5 Å². The van der Waals surface area contributed by atoms with E-state index in [0.717, 1.165) is 35.7 Å². The van der Waals surface area contributed by atoms with Crippen LogP contribution in [-0.4, -0.2) is 24.5 Å². The molecule has 1 aromatic heterocycles. The Bertz CT molecular complexity index is 470. The van der Waals surface area contributed by atoms with Gasteiger partial charge in [-0.3, -0.25) is 4.90 Å². The van der Waals surface area contributed by atoms with Gasteiger partial charge in [0, 0.05) is 12.6 Å². The van der Waals surface area contributed by atoms with Gasteiger partial charge >= 0.3 is 0 Å². The normalized spacial score (nSPS) is 31.0. The summed E-state index contributed by atoms with van der Waals surface area (Å²) in [5, 5.41) is 0. The van der Waals surface area contributed by atoms with Crippen molar-refractivity contribution >= 4 is 0 Å². The minimum absolute atomic E-state index is 0.138. The van der Waals surface area contributed by atoms with Crippen LogP contribution in [0.3, 0.4) is 0 Å². The van der Waals surface area contributed by atoms with E-state index in [1.165, 1.54) is 32.2 Å². The van der Waals surface area contributed by atoms with Crippen molar-refractivity contribution in [1.29, 1.82) is 0 Å². The van der Waals surface area contributed by atoms with Gasteiger partial charge in [-0.15, -0.1) is 0 Å². The molecule has 3 heteroatoms. The zero-order valence-corrected chi connectivity index (χ0v) is 13.7. The van der Waals surface area contributed by atoms with Crippen molar-refractivity contribution < 1.29 is 4.42 Å². The fourth-order valence-electron chi connectivity index (χ4n) is 4.67. The lowest BCUT2D eigenvalue weighted by Gasteiger charge is -2.34. The maximum Gasteiger partial charge on any atom is 0.122 e. The third-order valence-electron chi connectivity index (χ3n) is 5.81. The lowest BCUT2D eigenvalue weighted by molar-refractivity contribution is 0.136. The molecule has 2 aliphatic rings. The molecule has 5 unspecified atom stereocenters. The van der Waals surface area contributed by atoms with E-state index in [1.807, 2.05) is 6.92 Å². The Morgan fingerprint density at radius 2 is 2.14 bits per heavy atom. The van der Waals surface area contributed by atoms with E-state index in [0.29, 0.717) is 0 Å². The van der Waals surface area contributed by atoms with Gasteiger partial charge in [0.15, 0.2) is 0 Å². The monoisotopic (exact) mass is 290 g/mol. The highest BCUT2D eigenvalue weighted by Crippen LogP contribution is 2.48. The number of aryl methyl sites for hydroxylation is 1. The summed E-state index contributed by atoms with van der Waals surface area (Å²) < 4.78 is 5.89. The molecule has 1 aromatic rings. The number of furan rings is 1. The van der Waals surface area contributed by atoms with Crippen LogP contribution < -0.4 is 5.73 Å². The summed E-state index contributed by atoms with van der Waals surface area (Å²) >= 11 is 0. The van der Waals surface area contributed by atoms with Gasteiger partial charge in [-0.1, -0.05) is 13.3 Å². The van der Waals surface area contributed by atoms with Crippen LogP contribution >= 0.6 is 0 Å². The second-order valence-corrected chi connectivity index (χ2v) is 7.34. The summed E-state index contributed by atoms with van der Waals surface area (Å²) in [6.07, 6.45) is 6.81. The Morgan fingerprint density at radius 1 is 1.33 bits per heavy atom. The maximum atomic E-state index is 6.41. The van der Waals surface area contributed by atoms with Gasteiger partial charge in [-0.2, -0.15) is 0 Å². The first-order chi connectivity index (χ1) is 10.1. The number of nitrogens with zero attached hydrogens (tertiary/aromatic N) is 1. The van der Waals surface area contributed by atoms with Crippen molar-refractivity contribution in [2.45, 2.75) is 58.0 Å². The zero-order valence-electron chi connectivity index (χ0n) is 13.7. The molecule has 0 saturated heterocycles. The fraction of sp³-hybridized carbons (Fsp3) is 0.778. The molecule has 2 saturated carbocycles. The third-order valence-corrected chi connectivity index (χ3v) is 5.81. The molecule has 0 aliphatic heterocycles. The van der Waals surface area contributed by atoms with E-state index in [-0.39, 0.29) is 12.1 Å². The smallest absolute Gasteiger partial charge is 0.122 e. The van der Waals surface area contributed by atoms with Gasteiger partial charge in [0.05, 0.1) is 6.04 Å². The first kappa shape index (κ1) is 15.1. The van der Waals surface area contributed by atoms with Gasteiger partial charge in [0.25, 0.3) is 0 Å². The molecule has 0 aromatic carbocycles. The molecule has 2 N–H and O–H groups in total. The van der Waals surface area contributed by atoms with E-state index in [9.17, 15) is 0 Å². The minimum Gasteiger partial charge on any atom is -0.465 e. The number of nitrogens with two attached hydrogens (primary N) is 1. The summed E-state index contributed by atoms with van der Waals surface area (Å²) in [6.45, 7) is 5.34. The second-order valence-electron chi connectivity index (χ2n) is 7.34. The van der Waals surface area contributed by atoms with Crippen molar-refractivity contribution in [2.75, 3.05) is 13.6 Å². The summed E-state index contributed by atoms with van der Waals surface area (Å²) in [7, 11) is 2.23. The van der Waals surface area contributed by atoms with Gasteiger partial charge in [0.2, 0.25) is 0 Å². The van der Waals surface area contributed by atoms with Crippen molar-refractivity contribution in [3.63, 3.8) is 0 Å². The van der Waals surface area contributed by atoms with E-state index in [4.69, 9.17) is 10.2 Å². The summed E-state index contributed by atoms with van der Waals surface area (Å²) in [5.74, 6) is 4.86. The van der Waals surface area contributed by atoms with Crippen LogP contribution in [0, 0.1) is 24.7 Å². The standard InChI is InChI=1S/C18H30N2O/c1-4-16(19)18(17-8-5-12(2)21-17)20(3)11-15-10-13-6-7-14(15)9-13/h5,8,13-16,18H,4,6-7,9-11,19H2,1-3H3. The highest BCUT2D eigenvalue weighted by atomic mass is 16.3. The van der Waals surface area contributed by atoms with Crippen LogP contribution in [0.2, 0.25) is 0 Å². The third kappa shape index (κ3) is 3.04. The highest BCUT2D eigenvalue weighted by molar-refractivity contribution is 5.12. The van der Waals surface area contributed by atoms with Gasteiger partial charge in [-0.25, -0.2) is 0 Å². The second kappa shape index (κ2) is 6.13. The Labute approximate surface area is 128 Å². The van der Waals surface area contributed by atoms with E-state index < -0.39 is 0 Å². The van der Waals surface area contributed by atoms with Crippen molar-refractivity contribution in [3.05, 3.63) is 23.7 Å². The number of likely N-dealkylation sites (N-methyl/N-ethyl adjacent to an activating group) is 1. The SMILES string of the molecule is CCC(N)C(c1ccc(C)o1)N(C)CC1CC2CCC1C2. The predicted molar refractivity (Wildman–Crippen MR) is 86.0 cm³/mol. The Balaban J connectivity index is 1.70. The molecule has 21 heavy (non-hydrogen) atoms. The molecule has 2 fully saturated rings. The van der Waals surface area contributed by atoms with E-state index in [2.05, 4.69) is 31.0 Å². The average molecular weight is 290 g/mol. The van der Waals surface area contributed by atoms with E-state index in [1.54, 1.807) is 0 Å². The van der Waals surface area contributed by atoms with Crippen molar-refractivity contribution in [2.24, 2.45) is 23.5 Å². The van der Waals surface area contributed by atoms with Crippen LogP contribution in [0.1, 0.15) is 56.6 Å². The minimum atomic E-state index is 0.138. The maximum absolute atomic E-state index is 6.41. The number of rotatable bonds is 6. The highest BCUT2D eigenvalue weighted by Gasteiger charge is 2.40. The molecule has 2 aliphatic carbocycles. The lowest BCUT2D eigenvalue weighted by Crippen LogP contribution is -2.41. The molecule has 0 amide bonds. The predicted octanol–water partition coefficient (Wildman–Crippen LogP) is 3.73. The molecule has 3 nitrogen and oxygen atoms in total. The molecular weight excluding hydrogens is 260 g/mol. The van der Waals surface area contributed by atoms with Gasteiger partial charge in [0.1, 0.15) is 11.5 Å². The Morgan fingerprint density at radius 3 is 2.67 bits per heavy atom. The molecule has 1 heterocycles. The quantitative estimate of drug-likeness (QED) is 0.868. The van der Waals surface area contributed by atoms with Crippen LogP contribution in [-0.2, 0) is 0 Å². The Hall–Kier alpha value is -0.800. The molecule has 0 spiro atoms. The average Bonchev–Trinajstić information content (AvgIpc) is 3.16. The van der Waals surface area contributed by atoms with Crippen molar-refractivity contribution in [1.82, 2.24) is 4.90 Å². The summed E-state index contributed by atoms with van der Waals surface area (Å²) in [6, 6.07) is 4.50. The fourth-order valence-corrected chi connectivity index (χ4v) is 4.67. The number of fused-ring (bicyclic) bond motifs is 2. The number of hydrogen-bond acceptors (Lipinski definition) is 3. The largest absolute Gasteiger partial charge is 0.465 e. The van der Waals surface area contributed by atoms with Crippen molar-refractivity contribution in [3.8, 4) is 0 Å². The molecule has 5 atom stereocenters.